The number of rotatable bonds is 3. The van der Waals surface area contributed by atoms with Gasteiger partial charge in [-0.05, 0) is 43.7 Å². The van der Waals surface area contributed by atoms with Gasteiger partial charge in [0.15, 0.2) is 0 Å². The van der Waals surface area contributed by atoms with Gasteiger partial charge in [0.05, 0.1) is 0 Å². The fourth-order valence-electron chi connectivity index (χ4n) is 3.06. The molecule has 1 aromatic carbocycles. The average Bonchev–Trinajstić information content (AvgIpc) is 3.11. The number of benzene rings is 1. The van der Waals surface area contributed by atoms with Gasteiger partial charge in [-0.3, -0.25) is 4.90 Å². The van der Waals surface area contributed by atoms with E-state index in [1.165, 1.54) is 44.3 Å². The zero-order chi connectivity index (χ0) is 11.7. The predicted molar refractivity (Wildman–Crippen MR) is 70.6 cm³/mol. The highest BCUT2D eigenvalue weighted by molar-refractivity contribution is 5.15. The van der Waals surface area contributed by atoms with E-state index in [2.05, 4.69) is 35.2 Å². The summed E-state index contributed by atoms with van der Waals surface area (Å²) in [5, 5.41) is 0. The lowest BCUT2D eigenvalue weighted by Crippen LogP contribution is -2.44. The van der Waals surface area contributed by atoms with Crippen LogP contribution in [-0.4, -0.2) is 23.5 Å². The van der Waals surface area contributed by atoms with Crippen LogP contribution >= 0.6 is 0 Å². The van der Waals surface area contributed by atoms with Crippen molar-refractivity contribution in [1.82, 2.24) is 4.90 Å². The Morgan fingerprint density at radius 2 is 2.00 bits per heavy atom. The first-order valence-corrected chi connectivity index (χ1v) is 6.81. The third kappa shape index (κ3) is 2.53. The van der Waals surface area contributed by atoms with Crippen molar-refractivity contribution in [3.63, 3.8) is 0 Å². The van der Waals surface area contributed by atoms with E-state index in [0.29, 0.717) is 0 Å². The standard InChI is InChI=1S/C15H22N2/c16-15(8-9-15)14-7-4-10-17(12-14)11-13-5-2-1-3-6-13/h1-3,5-6,14H,4,7-12,16H2. The Morgan fingerprint density at radius 1 is 1.24 bits per heavy atom. The Balaban J connectivity index is 1.60. The summed E-state index contributed by atoms with van der Waals surface area (Å²) in [5.74, 6) is 0.736. The van der Waals surface area contributed by atoms with Crippen LogP contribution in [0, 0.1) is 5.92 Å². The van der Waals surface area contributed by atoms with E-state index in [4.69, 9.17) is 5.73 Å². The molecule has 0 amide bonds. The number of likely N-dealkylation sites (tertiary alicyclic amines) is 1. The smallest absolute Gasteiger partial charge is 0.0233 e. The molecule has 1 saturated heterocycles. The third-order valence-corrected chi connectivity index (χ3v) is 4.39. The summed E-state index contributed by atoms with van der Waals surface area (Å²) in [4.78, 5) is 2.58. The maximum absolute atomic E-state index is 6.35. The number of nitrogens with two attached hydrogens (primary N) is 1. The fraction of sp³-hybridized carbons (Fsp3) is 0.600. The van der Waals surface area contributed by atoms with Gasteiger partial charge in [-0.2, -0.15) is 0 Å². The molecule has 17 heavy (non-hydrogen) atoms. The van der Waals surface area contributed by atoms with Gasteiger partial charge in [0.2, 0.25) is 0 Å². The van der Waals surface area contributed by atoms with Gasteiger partial charge in [-0.25, -0.2) is 0 Å². The highest BCUT2D eigenvalue weighted by Crippen LogP contribution is 2.43. The summed E-state index contributed by atoms with van der Waals surface area (Å²) in [7, 11) is 0. The van der Waals surface area contributed by atoms with Crippen molar-refractivity contribution in [1.29, 1.82) is 0 Å². The lowest BCUT2D eigenvalue weighted by Gasteiger charge is -2.36. The highest BCUT2D eigenvalue weighted by Gasteiger charge is 2.46. The largest absolute Gasteiger partial charge is 0.325 e. The van der Waals surface area contributed by atoms with Crippen LogP contribution in [0.5, 0.6) is 0 Å². The summed E-state index contributed by atoms with van der Waals surface area (Å²) in [5.41, 5.74) is 7.98. The normalized spacial score (nSPS) is 27.9. The van der Waals surface area contributed by atoms with E-state index >= 15 is 0 Å². The fourth-order valence-corrected chi connectivity index (χ4v) is 3.06. The molecule has 2 nitrogen and oxygen atoms in total. The maximum atomic E-state index is 6.35. The van der Waals surface area contributed by atoms with Crippen LogP contribution < -0.4 is 5.73 Å². The van der Waals surface area contributed by atoms with Gasteiger partial charge in [0.25, 0.3) is 0 Å². The van der Waals surface area contributed by atoms with Gasteiger partial charge < -0.3 is 5.73 Å². The molecule has 2 aliphatic rings. The first-order chi connectivity index (χ1) is 8.26. The van der Waals surface area contributed by atoms with Gasteiger partial charge in [-0.15, -0.1) is 0 Å². The summed E-state index contributed by atoms with van der Waals surface area (Å²) in [6, 6.07) is 10.8. The molecule has 2 heteroatoms. The van der Waals surface area contributed by atoms with Crippen molar-refractivity contribution >= 4 is 0 Å². The predicted octanol–water partition coefficient (Wildman–Crippen LogP) is 2.39. The Labute approximate surface area is 104 Å². The number of hydrogen-bond acceptors (Lipinski definition) is 2. The van der Waals surface area contributed by atoms with Gasteiger partial charge >= 0.3 is 0 Å². The molecule has 1 aromatic rings. The monoisotopic (exact) mass is 230 g/mol. The van der Waals surface area contributed by atoms with Crippen LogP contribution in [0.1, 0.15) is 31.2 Å². The molecule has 1 atom stereocenters. The van der Waals surface area contributed by atoms with Crippen molar-refractivity contribution in [3.05, 3.63) is 35.9 Å². The molecule has 0 aromatic heterocycles. The second-order valence-corrected chi connectivity index (χ2v) is 5.79. The molecule has 1 aliphatic heterocycles. The molecule has 3 rings (SSSR count). The van der Waals surface area contributed by atoms with Crippen LogP contribution in [0.2, 0.25) is 0 Å². The minimum absolute atomic E-state index is 0.204. The Bertz CT molecular complexity index is 370. The zero-order valence-electron chi connectivity index (χ0n) is 10.4. The topological polar surface area (TPSA) is 29.3 Å². The van der Waals surface area contributed by atoms with E-state index in [1.807, 2.05) is 0 Å². The van der Waals surface area contributed by atoms with Crippen molar-refractivity contribution in [2.24, 2.45) is 11.7 Å². The molecule has 0 radical (unpaired) electrons. The molecule has 1 unspecified atom stereocenters. The van der Waals surface area contributed by atoms with E-state index in [1.54, 1.807) is 0 Å². The molecule has 1 saturated carbocycles. The lowest BCUT2D eigenvalue weighted by atomic mass is 9.89. The molecular weight excluding hydrogens is 208 g/mol. The van der Waals surface area contributed by atoms with Crippen molar-refractivity contribution in [3.8, 4) is 0 Å². The van der Waals surface area contributed by atoms with Crippen molar-refractivity contribution < 1.29 is 0 Å². The van der Waals surface area contributed by atoms with Crippen LogP contribution in [0.25, 0.3) is 0 Å². The SMILES string of the molecule is NC1(C2CCCN(Cc3ccccc3)C2)CC1. The summed E-state index contributed by atoms with van der Waals surface area (Å²) < 4.78 is 0. The lowest BCUT2D eigenvalue weighted by molar-refractivity contribution is 0.144. The molecule has 2 fully saturated rings. The quantitative estimate of drug-likeness (QED) is 0.864. The van der Waals surface area contributed by atoms with Crippen LogP contribution in [0.4, 0.5) is 0 Å². The van der Waals surface area contributed by atoms with E-state index < -0.39 is 0 Å². The van der Waals surface area contributed by atoms with E-state index in [9.17, 15) is 0 Å². The van der Waals surface area contributed by atoms with Crippen molar-refractivity contribution in [2.45, 2.75) is 37.8 Å². The van der Waals surface area contributed by atoms with Gasteiger partial charge in [0.1, 0.15) is 0 Å². The molecule has 1 aliphatic carbocycles. The summed E-state index contributed by atoms with van der Waals surface area (Å²) in [6.45, 7) is 3.53. The second kappa shape index (κ2) is 4.43. The molecule has 92 valence electrons. The molecule has 1 heterocycles. The molecule has 0 spiro atoms. The van der Waals surface area contributed by atoms with E-state index in [-0.39, 0.29) is 5.54 Å². The first kappa shape index (κ1) is 11.2. The first-order valence-electron chi connectivity index (χ1n) is 6.81. The number of hydrogen-bond donors (Lipinski definition) is 1. The van der Waals surface area contributed by atoms with Gasteiger partial charge in [-0.1, -0.05) is 30.3 Å². The van der Waals surface area contributed by atoms with Gasteiger partial charge in [0, 0.05) is 18.6 Å². The van der Waals surface area contributed by atoms with Crippen LogP contribution in [0.15, 0.2) is 30.3 Å². The van der Waals surface area contributed by atoms with Crippen molar-refractivity contribution in [2.75, 3.05) is 13.1 Å². The third-order valence-electron chi connectivity index (χ3n) is 4.39. The maximum Gasteiger partial charge on any atom is 0.0233 e. The second-order valence-electron chi connectivity index (χ2n) is 5.79. The molecule has 2 N–H and O–H groups in total. The minimum Gasteiger partial charge on any atom is -0.325 e. The number of piperidine rings is 1. The van der Waals surface area contributed by atoms with Crippen LogP contribution in [0.3, 0.4) is 0 Å². The Kier molecular flexibility index (Phi) is 2.93. The van der Waals surface area contributed by atoms with E-state index in [0.717, 1.165) is 12.5 Å². The van der Waals surface area contributed by atoms with Crippen LogP contribution in [-0.2, 0) is 6.54 Å². The number of nitrogens with zero attached hydrogens (tertiary/aromatic N) is 1. The summed E-state index contributed by atoms with van der Waals surface area (Å²) >= 11 is 0. The average molecular weight is 230 g/mol. The molecular formula is C15H22N2. The zero-order valence-corrected chi connectivity index (χ0v) is 10.4. The Hall–Kier alpha value is -0.860. The highest BCUT2D eigenvalue weighted by atomic mass is 15.1. The molecule has 0 bridgehead atoms. The Morgan fingerprint density at radius 3 is 2.71 bits per heavy atom. The minimum atomic E-state index is 0.204. The summed E-state index contributed by atoms with van der Waals surface area (Å²) in [6.07, 6.45) is 5.14.